The van der Waals surface area contributed by atoms with E-state index in [2.05, 4.69) is 44.7 Å². The molecule has 0 aliphatic carbocycles. The highest BCUT2D eigenvalue weighted by atomic mass is 16.5. The van der Waals surface area contributed by atoms with Crippen LogP contribution >= 0.6 is 0 Å². The van der Waals surface area contributed by atoms with Crippen LogP contribution < -0.4 is 15.1 Å². The van der Waals surface area contributed by atoms with Gasteiger partial charge in [0, 0.05) is 29.9 Å². The number of anilines is 1. The average molecular weight is 372 g/mol. The molecule has 1 aliphatic rings. The maximum absolute atomic E-state index is 11.9. The monoisotopic (exact) mass is 372 g/mol. The predicted octanol–water partition coefficient (Wildman–Crippen LogP) is 1.50. The van der Waals surface area contributed by atoms with Crippen molar-refractivity contribution in [3.63, 3.8) is 0 Å². The molecule has 2 N–H and O–H groups in total. The Labute approximate surface area is 157 Å². The number of rotatable bonds is 5. The largest absolute Gasteiger partial charge is 0.496 e. The van der Waals surface area contributed by atoms with Crippen LogP contribution in [0.5, 0.6) is 5.75 Å². The van der Waals surface area contributed by atoms with Gasteiger partial charge in [0.2, 0.25) is 0 Å². The van der Waals surface area contributed by atoms with E-state index in [0.717, 1.165) is 35.7 Å². The van der Waals surface area contributed by atoms with Gasteiger partial charge in [0.25, 0.3) is 5.91 Å². The minimum absolute atomic E-state index is 0.171. The molecule has 1 saturated heterocycles. The molecule has 0 radical (unpaired) electrons. The fraction of sp³-hybridized carbons (Fsp3) is 0.444. The Morgan fingerprint density at radius 2 is 2.30 bits per heavy atom. The summed E-state index contributed by atoms with van der Waals surface area (Å²) in [6.07, 6.45) is 2.91. The zero-order chi connectivity index (χ0) is 19.4. The van der Waals surface area contributed by atoms with E-state index in [9.17, 15) is 4.79 Å². The first-order valence-electron chi connectivity index (χ1n) is 8.66. The fourth-order valence-electron chi connectivity index (χ4n) is 3.06. The van der Waals surface area contributed by atoms with E-state index in [-0.39, 0.29) is 11.3 Å². The van der Waals surface area contributed by atoms with Gasteiger partial charge in [-0.05, 0) is 32.9 Å². The van der Waals surface area contributed by atoms with Gasteiger partial charge in [0.15, 0.2) is 5.69 Å². The van der Waals surface area contributed by atoms with Crippen molar-refractivity contribution < 1.29 is 14.3 Å². The van der Waals surface area contributed by atoms with Gasteiger partial charge < -0.3 is 14.4 Å². The van der Waals surface area contributed by atoms with Crippen LogP contribution in [0.2, 0.25) is 0 Å². The Hall–Kier alpha value is -2.94. The smallest absolute Gasteiger partial charge is 0.293 e. The summed E-state index contributed by atoms with van der Waals surface area (Å²) in [6, 6.07) is 3.92. The van der Waals surface area contributed by atoms with Crippen molar-refractivity contribution >= 4 is 17.8 Å². The number of nitrogens with zero attached hydrogens (tertiary/aromatic N) is 4. The molecule has 1 aliphatic heterocycles. The number of hydrazone groups is 1. The average Bonchev–Trinajstić information content (AvgIpc) is 3.16. The third-order valence-electron chi connectivity index (χ3n) is 4.37. The van der Waals surface area contributed by atoms with E-state index in [4.69, 9.17) is 9.47 Å². The second-order valence-electron chi connectivity index (χ2n) is 6.95. The molecule has 3 rings (SSSR count). The summed E-state index contributed by atoms with van der Waals surface area (Å²) >= 11 is 0. The van der Waals surface area contributed by atoms with Crippen molar-refractivity contribution in [1.29, 1.82) is 0 Å². The number of H-pyrrole nitrogens is 1. The van der Waals surface area contributed by atoms with Gasteiger partial charge in [-0.2, -0.15) is 20.5 Å². The second kappa shape index (κ2) is 7.75. The Balaban J connectivity index is 1.81. The van der Waals surface area contributed by atoms with Gasteiger partial charge in [0.05, 0.1) is 31.7 Å². The van der Waals surface area contributed by atoms with Crippen molar-refractivity contribution in [3.05, 3.63) is 35.2 Å². The van der Waals surface area contributed by atoms with Crippen molar-refractivity contribution in [3.8, 4) is 5.75 Å². The summed E-state index contributed by atoms with van der Waals surface area (Å²) in [5.41, 5.74) is 5.32. The molecule has 1 fully saturated rings. The van der Waals surface area contributed by atoms with Crippen molar-refractivity contribution in [2.75, 3.05) is 31.7 Å². The molecule has 1 aromatic carbocycles. The zero-order valence-electron chi connectivity index (χ0n) is 15.9. The number of carbonyl (C=O) groups excluding carboxylic acids is 1. The first kappa shape index (κ1) is 18.8. The number of benzene rings is 1. The zero-order valence-corrected chi connectivity index (χ0v) is 15.9. The van der Waals surface area contributed by atoms with E-state index in [1.54, 1.807) is 13.3 Å². The third kappa shape index (κ3) is 4.43. The van der Waals surface area contributed by atoms with Gasteiger partial charge in [-0.3, -0.25) is 4.79 Å². The highest BCUT2D eigenvalue weighted by molar-refractivity contribution is 5.93. The molecule has 0 atom stereocenters. The van der Waals surface area contributed by atoms with Crippen molar-refractivity contribution in [1.82, 2.24) is 20.8 Å². The molecule has 9 nitrogen and oxygen atoms in total. The minimum atomic E-state index is -0.436. The van der Waals surface area contributed by atoms with Crippen LogP contribution in [0.4, 0.5) is 5.69 Å². The molecule has 144 valence electrons. The first-order valence-corrected chi connectivity index (χ1v) is 8.66. The maximum Gasteiger partial charge on any atom is 0.293 e. The number of nitrogens with one attached hydrogen (secondary N) is 2. The molecule has 2 aromatic rings. The Bertz CT molecular complexity index is 832. The third-order valence-corrected chi connectivity index (χ3v) is 4.37. The fourth-order valence-corrected chi connectivity index (χ4v) is 3.06. The number of ether oxygens (including phenoxy) is 2. The van der Waals surface area contributed by atoms with Crippen LogP contribution in [-0.4, -0.2) is 59.9 Å². The number of aromatic nitrogens is 3. The molecule has 0 spiro atoms. The van der Waals surface area contributed by atoms with Crippen LogP contribution in [0.15, 0.2) is 23.4 Å². The molecule has 27 heavy (non-hydrogen) atoms. The standard InChI is InChI=1S/C18H24N6O3/c1-12-15(24-5-6-27-18(2,3)11-24)7-13(8-16(12)26-4)9-19-22-17(25)14-10-20-23-21-14/h7-10H,5-6,11H2,1-4H3,(H,22,25)(H,20,21,23)/b19-9+. The lowest BCUT2D eigenvalue weighted by molar-refractivity contribution is -0.0277. The summed E-state index contributed by atoms with van der Waals surface area (Å²) < 4.78 is 11.3. The van der Waals surface area contributed by atoms with Gasteiger partial charge in [-0.25, -0.2) is 5.43 Å². The van der Waals surface area contributed by atoms with Crippen LogP contribution in [0.1, 0.15) is 35.5 Å². The van der Waals surface area contributed by atoms with Gasteiger partial charge >= 0.3 is 0 Å². The SMILES string of the molecule is COc1cc(/C=N/NC(=O)c2cn[nH]n2)cc(N2CCOC(C)(C)C2)c1C. The number of methoxy groups -OCH3 is 1. The molecule has 0 saturated carbocycles. The number of morpholine rings is 1. The lowest BCUT2D eigenvalue weighted by Gasteiger charge is -2.40. The summed E-state index contributed by atoms with van der Waals surface area (Å²) in [4.78, 5) is 14.1. The van der Waals surface area contributed by atoms with Crippen LogP contribution in [0.3, 0.4) is 0 Å². The molecule has 1 amide bonds. The first-order chi connectivity index (χ1) is 12.9. The maximum atomic E-state index is 11.9. The van der Waals surface area contributed by atoms with E-state index in [0.29, 0.717) is 6.61 Å². The van der Waals surface area contributed by atoms with Crippen LogP contribution in [0.25, 0.3) is 0 Å². The van der Waals surface area contributed by atoms with Gasteiger partial charge in [-0.15, -0.1) is 0 Å². The van der Waals surface area contributed by atoms with Gasteiger partial charge in [-0.1, -0.05) is 0 Å². The quantitative estimate of drug-likeness (QED) is 0.609. The van der Waals surface area contributed by atoms with E-state index in [1.165, 1.54) is 6.20 Å². The Morgan fingerprint density at radius 3 is 2.96 bits per heavy atom. The molecule has 0 bridgehead atoms. The van der Waals surface area contributed by atoms with Gasteiger partial charge in [0.1, 0.15) is 5.75 Å². The van der Waals surface area contributed by atoms with Crippen LogP contribution in [-0.2, 0) is 4.74 Å². The predicted molar refractivity (Wildman–Crippen MR) is 101 cm³/mol. The highest BCUT2D eigenvalue weighted by Crippen LogP contribution is 2.32. The van der Waals surface area contributed by atoms with E-state index in [1.807, 2.05) is 19.1 Å². The minimum Gasteiger partial charge on any atom is -0.496 e. The van der Waals surface area contributed by atoms with Crippen LogP contribution in [0, 0.1) is 6.92 Å². The summed E-state index contributed by atoms with van der Waals surface area (Å²) in [5, 5.41) is 13.7. The topological polar surface area (TPSA) is 105 Å². The normalized spacial score (nSPS) is 16.5. The Morgan fingerprint density at radius 1 is 1.48 bits per heavy atom. The summed E-state index contributed by atoms with van der Waals surface area (Å²) in [6.45, 7) is 8.44. The molecule has 9 heteroatoms. The lowest BCUT2D eigenvalue weighted by atomic mass is 10.0. The molecule has 2 heterocycles. The number of hydrogen-bond acceptors (Lipinski definition) is 7. The van der Waals surface area contributed by atoms with E-state index < -0.39 is 5.91 Å². The molecule has 1 aromatic heterocycles. The molecular weight excluding hydrogens is 348 g/mol. The van der Waals surface area contributed by atoms with E-state index >= 15 is 0 Å². The second-order valence-corrected chi connectivity index (χ2v) is 6.95. The Kier molecular flexibility index (Phi) is 5.41. The molecule has 0 unspecified atom stereocenters. The summed E-state index contributed by atoms with van der Waals surface area (Å²) in [5.74, 6) is 0.329. The van der Waals surface area contributed by atoms with Crippen molar-refractivity contribution in [2.24, 2.45) is 5.10 Å². The highest BCUT2D eigenvalue weighted by Gasteiger charge is 2.28. The number of carbonyl (C=O) groups is 1. The lowest BCUT2D eigenvalue weighted by Crippen LogP contribution is -2.48. The summed E-state index contributed by atoms with van der Waals surface area (Å²) in [7, 11) is 1.64. The number of hydrogen-bond donors (Lipinski definition) is 2. The number of amides is 1. The number of aromatic amines is 1. The van der Waals surface area contributed by atoms with Crippen molar-refractivity contribution in [2.45, 2.75) is 26.4 Å². The molecular formula is C18H24N6O3.